The van der Waals surface area contributed by atoms with Crippen LogP contribution in [0.2, 0.25) is 0 Å². The van der Waals surface area contributed by atoms with Crippen LogP contribution in [-0.2, 0) is 0 Å². The highest BCUT2D eigenvalue weighted by atomic mass is 16.2. The Bertz CT molecular complexity index is 397. The Morgan fingerprint density at radius 3 is 3.11 bits per heavy atom. The Labute approximate surface area is 107 Å². The zero-order valence-corrected chi connectivity index (χ0v) is 10.5. The van der Waals surface area contributed by atoms with Gasteiger partial charge in [-0.1, -0.05) is 0 Å². The van der Waals surface area contributed by atoms with Gasteiger partial charge in [0.25, 0.3) is 0 Å². The van der Waals surface area contributed by atoms with E-state index in [1.54, 1.807) is 0 Å². The SMILES string of the molecule is O=C1NC(c2ccc[nH]2)CN1CC1CCCNC1. The summed E-state index contributed by atoms with van der Waals surface area (Å²) >= 11 is 0. The Kier molecular flexibility index (Phi) is 3.23. The lowest BCUT2D eigenvalue weighted by atomic mass is 9.99. The van der Waals surface area contributed by atoms with E-state index in [-0.39, 0.29) is 12.1 Å². The zero-order valence-electron chi connectivity index (χ0n) is 10.5. The van der Waals surface area contributed by atoms with Gasteiger partial charge in [0, 0.05) is 25.0 Å². The van der Waals surface area contributed by atoms with Gasteiger partial charge in [0.1, 0.15) is 0 Å². The van der Waals surface area contributed by atoms with Crippen LogP contribution in [0.15, 0.2) is 18.3 Å². The van der Waals surface area contributed by atoms with Crippen LogP contribution in [0.4, 0.5) is 4.79 Å². The first-order valence-corrected chi connectivity index (χ1v) is 6.72. The Hall–Kier alpha value is -1.49. The number of carbonyl (C=O) groups excluding carboxylic acids is 1. The van der Waals surface area contributed by atoms with Crippen LogP contribution in [0, 0.1) is 5.92 Å². The van der Waals surface area contributed by atoms with Gasteiger partial charge >= 0.3 is 6.03 Å². The molecule has 1 aromatic rings. The number of aromatic nitrogens is 1. The molecular formula is C13H20N4O. The molecule has 2 aliphatic rings. The molecule has 3 N–H and O–H groups in total. The number of aromatic amines is 1. The van der Waals surface area contributed by atoms with Crippen molar-refractivity contribution in [3.05, 3.63) is 24.0 Å². The second-order valence-electron chi connectivity index (χ2n) is 5.24. The normalized spacial score (nSPS) is 28.4. The maximum atomic E-state index is 11.9. The number of amides is 2. The molecule has 0 bridgehead atoms. The molecule has 0 aromatic carbocycles. The molecule has 0 radical (unpaired) electrons. The van der Waals surface area contributed by atoms with E-state index in [0.29, 0.717) is 5.92 Å². The smallest absolute Gasteiger partial charge is 0.318 e. The van der Waals surface area contributed by atoms with Crippen molar-refractivity contribution in [2.75, 3.05) is 26.2 Å². The van der Waals surface area contributed by atoms with Crippen molar-refractivity contribution in [1.82, 2.24) is 20.5 Å². The Morgan fingerprint density at radius 2 is 2.39 bits per heavy atom. The highest BCUT2D eigenvalue weighted by Gasteiger charge is 2.31. The van der Waals surface area contributed by atoms with Crippen LogP contribution in [-0.4, -0.2) is 42.1 Å². The summed E-state index contributed by atoms with van der Waals surface area (Å²) in [5.74, 6) is 0.604. The molecule has 2 aliphatic heterocycles. The molecule has 2 fully saturated rings. The summed E-state index contributed by atoms with van der Waals surface area (Å²) in [6.07, 6.45) is 4.35. The third kappa shape index (κ3) is 2.36. The van der Waals surface area contributed by atoms with Crippen LogP contribution in [0.25, 0.3) is 0 Å². The number of hydrogen-bond donors (Lipinski definition) is 3. The van der Waals surface area contributed by atoms with Gasteiger partial charge in [-0.25, -0.2) is 4.79 Å². The molecule has 1 aromatic heterocycles. The van der Waals surface area contributed by atoms with Gasteiger partial charge in [0.2, 0.25) is 0 Å². The van der Waals surface area contributed by atoms with Gasteiger partial charge in [-0.3, -0.25) is 0 Å². The molecule has 18 heavy (non-hydrogen) atoms. The predicted molar refractivity (Wildman–Crippen MR) is 69.2 cm³/mol. The van der Waals surface area contributed by atoms with Gasteiger partial charge in [-0.15, -0.1) is 0 Å². The number of urea groups is 1. The minimum Gasteiger partial charge on any atom is -0.363 e. The number of H-pyrrole nitrogens is 1. The average Bonchev–Trinajstić information content (AvgIpc) is 3.01. The molecule has 5 nitrogen and oxygen atoms in total. The predicted octanol–water partition coefficient (Wildman–Crippen LogP) is 1.08. The van der Waals surface area contributed by atoms with Crippen molar-refractivity contribution < 1.29 is 4.79 Å². The van der Waals surface area contributed by atoms with Crippen LogP contribution < -0.4 is 10.6 Å². The summed E-state index contributed by atoms with van der Waals surface area (Å²) in [6.45, 7) is 3.80. The Morgan fingerprint density at radius 1 is 1.44 bits per heavy atom. The standard InChI is InChI=1S/C13H20N4O/c18-13-16-12(11-4-2-6-15-11)9-17(13)8-10-3-1-5-14-7-10/h2,4,6,10,12,14-15H,1,3,5,7-9H2,(H,16,18). The number of carbonyl (C=O) groups is 1. The lowest BCUT2D eigenvalue weighted by molar-refractivity contribution is 0.202. The Balaban J connectivity index is 1.58. The average molecular weight is 248 g/mol. The van der Waals surface area contributed by atoms with Crippen molar-refractivity contribution >= 4 is 6.03 Å². The molecule has 2 amide bonds. The molecule has 2 atom stereocenters. The summed E-state index contributed by atoms with van der Waals surface area (Å²) in [5, 5.41) is 6.43. The quantitative estimate of drug-likeness (QED) is 0.749. The van der Waals surface area contributed by atoms with Crippen molar-refractivity contribution in [2.24, 2.45) is 5.92 Å². The topological polar surface area (TPSA) is 60.2 Å². The number of nitrogens with one attached hydrogen (secondary N) is 3. The van der Waals surface area contributed by atoms with Gasteiger partial charge in [0.05, 0.1) is 6.04 Å². The van der Waals surface area contributed by atoms with E-state index in [0.717, 1.165) is 31.9 Å². The fourth-order valence-electron chi connectivity index (χ4n) is 2.88. The first-order valence-electron chi connectivity index (χ1n) is 6.72. The van der Waals surface area contributed by atoms with Crippen LogP contribution >= 0.6 is 0 Å². The first-order chi connectivity index (χ1) is 8.83. The molecule has 0 aliphatic carbocycles. The summed E-state index contributed by atoms with van der Waals surface area (Å²) < 4.78 is 0. The van der Waals surface area contributed by atoms with E-state index >= 15 is 0 Å². The number of hydrogen-bond acceptors (Lipinski definition) is 2. The second-order valence-corrected chi connectivity index (χ2v) is 5.24. The maximum absolute atomic E-state index is 11.9. The zero-order chi connectivity index (χ0) is 12.4. The van der Waals surface area contributed by atoms with E-state index in [9.17, 15) is 4.79 Å². The van der Waals surface area contributed by atoms with Crippen LogP contribution in [0.3, 0.4) is 0 Å². The molecule has 0 spiro atoms. The number of rotatable bonds is 3. The van der Waals surface area contributed by atoms with Gasteiger partial charge < -0.3 is 20.5 Å². The summed E-state index contributed by atoms with van der Waals surface area (Å²) in [6, 6.07) is 4.18. The molecule has 0 saturated carbocycles. The largest absolute Gasteiger partial charge is 0.363 e. The van der Waals surface area contributed by atoms with Crippen molar-refractivity contribution in [3.63, 3.8) is 0 Å². The number of nitrogens with zero attached hydrogens (tertiary/aromatic N) is 1. The molecular weight excluding hydrogens is 228 g/mol. The summed E-state index contributed by atoms with van der Waals surface area (Å²) in [7, 11) is 0. The molecule has 3 rings (SSSR count). The highest BCUT2D eigenvalue weighted by Crippen LogP contribution is 2.21. The van der Waals surface area contributed by atoms with E-state index < -0.39 is 0 Å². The van der Waals surface area contributed by atoms with Gasteiger partial charge in [-0.2, -0.15) is 0 Å². The van der Waals surface area contributed by atoms with Crippen molar-refractivity contribution in [1.29, 1.82) is 0 Å². The fraction of sp³-hybridized carbons (Fsp3) is 0.615. The van der Waals surface area contributed by atoms with Gasteiger partial charge in [0.15, 0.2) is 0 Å². The van der Waals surface area contributed by atoms with Crippen LogP contribution in [0.1, 0.15) is 24.6 Å². The molecule has 98 valence electrons. The minimum absolute atomic E-state index is 0.0696. The second kappa shape index (κ2) is 5.02. The molecule has 2 saturated heterocycles. The van der Waals surface area contributed by atoms with E-state index in [2.05, 4.69) is 15.6 Å². The summed E-state index contributed by atoms with van der Waals surface area (Å²) in [4.78, 5) is 17.1. The first kappa shape index (κ1) is 11.6. The minimum atomic E-state index is 0.0696. The highest BCUT2D eigenvalue weighted by molar-refractivity contribution is 5.77. The monoisotopic (exact) mass is 248 g/mol. The third-order valence-electron chi connectivity index (χ3n) is 3.86. The fourth-order valence-corrected chi connectivity index (χ4v) is 2.88. The van der Waals surface area contributed by atoms with Crippen LogP contribution in [0.5, 0.6) is 0 Å². The third-order valence-corrected chi connectivity index (χ3v) is 3.86. The van der Waals surface area contributed by atoms with E-state index in [1.807, 2.05) is 23.2 Å². The molecule has 3 heterocycles. The lowest BCUT2D eigenvalue weighted by Gasteiger charge is -2.26. The molecule has 5 heteroatoms. The van der Waals surface area contributed by atoms with E-state index in [1.165, 1.54) is 12.8 Å². The molecule has 2 unspecified atom stereocenters. The van der Waals surface area contributed by atoms with Crippen molar-refractivity contribution in [3.8, 4) is 0 Å². The van der Waals surface area contributed by atoms with Gasteiger partial charge in [-0.05, 0) is 44.0 Å². The van der Waals surface area contributed by atoms with Crippen molar-refractivity contribution in [2.45, 2.75) is 18.9 Å². The number of piperidine rings is 1. The summed E-state index contributed by atoms with van der Waals surface area (Å²) in [5.41, 5.74) is 1.09. The maximum Gasteiger partial charge on any atom is 0.318 e. The lowest BCUT2D eigenvalue weighted by Crippen LogP contribution is -2.39. The van der Waals surface area contributed by atoms with E-state index in [4.69, 9.17) is 0 Å².